The number of ether oxygens (including phenoxy) is 2. The molecule has 2 atom stereocenters. The first-order valence-corrected chi connectivity index (χ1v) is 6.94. The number of nitrogens with one attached hydrogen (secondary N) is 1. The number of aliphatic carboxylic acids is 1. The van der Waals surface area contributed by atoms with Crippen molar-refractivity contribution in [3.63, 3.8) is 0 Å². The van der Waals surface area contributed by atoms with Crippen LogP contribution >= 0.6 is 11.6 Å². The van der Waals surface area contributed by atoms with Gasteiger partial charge in [-0.3, -0.25) is 0 Å². The number of alkyl carbamates (subject to hydrolysis) is 1. The molecule has 2 N–H and O–H groups in total. The van der Waals surface area contributed by atoms with Gasteiger partial charge in [0.15, 0.2) is 6.04 Å². The third-order valence-corrected chi connectivity index (χ3v) is 3.00. The van der Waals surface area contributed by atoms with Crippen LogP contribution < -0.4 is 5.32 Å². The van der Waals surface area contributed by atoms with Crippen molar-refractivity contribution in [1.82, 2.24) is 5.32 Å². The van der Waals surface area contributed by atoms with Gasteiger partial charge >= 0.3 is 12.1 Å². The SMILES string of the molecule is CC(CCl)OCC(NC(=O)OCc1ccccc1)C(=O)O. The monoisotopic (exact) mass is 315 g/mol. The number of benzene rings is 1. The Kier molecular flexibility index (Phi) is 7.56. The van der Waals surface area contributed by atoms with Crippen LogP contribution in [-0.2, 0) is 20.9 Å². The van der Waals surface area contributed by atoms with E-state index in [4.69, 9.17) is 26.2 Å². The first-order chi connectivity index (χ1) is 10.0. The molecule has 21 heavy (non-hydrogen) atoms. The van der Waals surface area contributed by atoms with E-state index in [-0.39, 0.29) is 25.2 Å². The van der Waals surface area contributed by atoms with Gasteiger partial charge in [-0.15, -0.1) is 11.6 Å². The topological polar surface area (TPSA) is 84.9 Å². The van der Waals surface area contributed by atoms with E-state index < -0.39 is 18.1 Å². The number of carbonyl (C=O) groups excluding carboxylic acids is 1. The number of carboxylic acid groups (broad SMARTS) is 1. The summed E-state index contributed by atoms with van der Waals surface area (Å²) in [5.41, 5.74) is 0.812. The Bertz CT molecular complexity index is 454. The minimum Gasteiger partial charge on any atom is -0.480 e. The van der Waals surface area contributed by atoms with E-state index >= 15 is 0 Å². The highest BCUT2D eigenvalue weighted by Crippen LogP contribution is 2.01. The lowest BCUT2D eigenvalue weighted by Gasteiger charge is -2.17. The van der Waals surface area contributed by atoms with Crippen LogP contribution in [0, 0.1) is 0 Å². The van der Waals surface area contributed by atoms with Crippen LogP contribution in [0.15, 0.2) is 30.3 Å². The number of hydrogen-bond acceptors (Lipinski definition) is 4. The van der Waals surface area contributed by atoms with Crippen molar-refractivity contribution in [3.05, 3.63) is 35.9 Å². The van der Waals surface area contributed by atoms with E-state index in [1.54, 1.807) is 19.1 Å². The lowest BCUT2D eigenvalue weighted by molar-refractivity contribution is -0.141. The summed E-state index contributed by atoms with van der Waals surface area (Å²) in [4.78, 5) is 22.6. The summed E-state index contributed by atoms with van der Waals surface area (Å²) in [6.07, 6.45) is -1.11. The normalized spacial score (nSPS) is 13.2. The quantitative estimate of drug-likeness (QED) is 0.717. The smallest absolute Gasteiger partial charge is 0.408 e. The molecule has 0 saturated carbocycles. The zero-order chi connectivity index (χ0) is 15.7. The van der Waals surface area contributed by atoms with Gasteiger partial charge in [-0.05, 0) is 12.5 Å². The molecule has 0 radical (unpaired) electrons. The predicted molar refractivity (Wildman–Crippen MR) is 77.3 cm³/mol. The van der Waals surface area contributed by atoms with Gasteiger partial charge in [0, 0.05) is 5.88 Å². The highest BCUT2D eigenvalue weighted by atomic mass is 35.5. The Morgan fingerprint density at radius 2 is 2.00 bits per heavy atom. The van der Waals surface area contributed by atoms with Crippen molar-refractivity contribution in [2.45, 2.75) is 25.7 Å². The molecule has 1 aromatic rings. The molecule has 1 amide bonds. The maximum absolute atomic E-state index is 11.6. The third kappa shape index (κ3) is 6.97. The average Bonchev–Trinajstić information content (AvgIpc) is 2.49. The molecule has 1 aromatic carbocycles. The van der Waals surface area contributed by atoms with Crippen molar-refractivity contribution >= 4 is 23.7 Å². The number of rotatable bonds is 8. The van der Waals surface area contributed by atoms with Crippen LogP contribution in [0.1, 0.15) is 12.5 Å². The molecule has 0 aliphatic rings. The molecule has 0 aromatic heterocycles. The van der Waals surface area contributed by atoms with Gasteiger partial charge in [-0.2, -0.15) is 0 Å². The Morgan fingerprint density at radius 1 is 1.33 bits per heavy atom. The first kappa shape index (κ1) is 17.3. The summed E-state index contributed by atoms with van der Waals surface area (Å²) in [5, 5.41) is 11.2. The molecule has 1 rings (SSSR count). The number of carboxylic acids is 1. The van der Waals surface area contributed by atoms with Crippen LogP contribution in [0.5, 0.6) is 0 Å². The number of amides is 1. The lowest BCUT2D eigenvalue weighted by Crippen LogP contribution is -2.44. The zero-order valence-electron chi connectivity index (χ0n) is 11.6. The molecule has 7 heteroatoms. The zero-order valence-corrected chi connectivity index (χ0v) is 12.4. The van der Waals surface area contributed by atoms with Crippen LogP contribution in [-0.4, -0.2) is 41.8 Å². The molecule has 0 spiro atoms. The summed E-state index contributed by atoms with van der Waals surface area (Å²) in [6.45, 7) is 1.60. The Hall–Kier alpha value is -1.79. The van der Waals surface area contributed by atoms with E-state index in [0.717, 1.165) is 5.56 Å². The van der Waals surface area contributed by atoms with E-state index in [1.165, 1.54) is 0 Å². The largest absolute Gasteiger partial charge is 0.480 e. The van der Waals surface area contributed by atoms with E-state index in [9.17, 15) is 9.59 Å². The van der Waals surface area contributed by atoms with Gasteiger partial charge in [0.25, 0.3) is 0 Å². The lowest BCUT2D eigenvalue weighted by atomic mass is 10.2. The fourth-order valence-electron chi connectivity index (χ4n) is 1.39. The molecule has 116 valence electrons. The standard InChI is InChI=1S/C14H18ClNO5/c1-10(7-15)20-9-12(13(17)18)16-14(19)21-8-11-5-3-2-4-6-11/h2-6,10,12H,7-9H2,1H3,(H,16,19)(H,17,18). The highest BCUT2D eigenvalue weighted by molar-refractivity contribution is 6.18. The number of hydrogen-bond donors (Lipinski definition) is 2. The van der Waals surface area contributed by atoms with Crippen molar-refractivity contribution < 1.29 is 24.2 Å². The Labute approximate surface area is 128 Å². The maximum Gasteiger partial charge on any atom is 0.408 e. The molecule has 0 fully saturated rings. The Morgan fingerprint density at radius 3 is 2.57 bits per heavy atom. The first-order valence-electron chi connectivity index (χ1n) is 6.40. The molecule has 0 aliphatic carbocycles. The minimum atomic E-state index is -1.20. The van der Waals surface area contributed by atoms with Crippen molar-refractivity contribution in [1.29, 1.82) is 0 Å². The van der Waals surface area contributed by atoms with Crippen LogP contribution in [0.2, 0.25) is 0 Å². The second kappa shape index (κ2) is 9.20. The van der Waals surface area contributed by atoms with Crippen LogP contribution in [0.4, 0.5) is 4.79 Å². The predicted octanol–water partition coefficient (Wildman–Crippen LogP) is 2.01. The second-order valence-corrected chi connectivity index (χ2v) is 4.70. The van der Waals surface area contributed by atoms with Gasteiger partial charge in [0.05, 0.1) is 12.7 Å². The third-order valence-electron chi connectivity index (χ3n) is 2.57. The molecular formula is C14H18ClNO5. The van der Waals surface area contributed by atoms with E-state index in [2.05, 4.69) is 5.32 Å². The molecule has 2 unspecified atom stereocenters. The number of carbonyl (C=O) groups is 2. The van der Waals surface area contributed by atoms with E-state index in [1.807, 2.05) is 18.2 Å². The van der Waals surface area contributed by atoms with E-state index in [0.29, 0.717) is 0 Å². The fraction of sp³-hybridized carbons (Fsp3) is 0.429. The van der Waals surface area contributed by atoms with Gasteiger partial charge in [0.2, 0.25) is 0 Å². The second-order valence-electron chi connectivity index (χ2n) is 4.40. The molecular weight excluding hydrogens is 298 g/mol. The van der Waals surface area contributed by atoms with Crippen molar-refractivity contribution in [3.8, 4) is 0 Å². The van der Waals surface area contributed by atoms with Crippen molar-refractivity contribution in [2.75, 3.05) is 12.5 Å². The van der Waals surface area contributed by atoms with Gasteiger partial charge < -0.3 is 19.9 Å². The molecule has 0 aliphatic heterocycles. The number of halogens is 1. The Balaban J connectivity index is 2.40. The average molecular weight is 316 g/mol. The number of alkyl halides is 1. The van der Waals surface area contributed by atoms with Gasteiger partial charge in [0.1, 0.15) is 6.61 Å². The molecule has 0 saturated heterocycles. The summed E-state index contributed by atoms with van der Waals surface area (Å²) >= 11 is 5.55. The highest BCUT2D eigenvalue weighted by Gasteiger charge is 2.21. The molecule has 0 heterocycles. The van der Waals surface area contributed by atoms with Gasteiger partial charge in [-0.25, -0.2) is 9.59 Å². The summed E-state index contributed by atoms with van der Waals surface area (Å²) < 4.78 is 10.1. The summed E-state index contributed by atoms with van der Waals surface area (Å²) in [6, 6.07) is 7.90. The molecule has 0 bridgehead atoms. The summed E-state index contributed by atoms with van der Waals surface area (Å²) in [5.74, 6) is -0.960. The molecule has 6 nitrogen and oxygen atoms in total. The minimum absolute atomic E-state index is 0.0674. The summed E-state index contributed by atoms with van der Waals surface area (Å²) in [7, 11) is 0. The van der Waals surface area contributed by atoms with Crippen LogP contribution in [0.25, 0.3) is 0 Å². The maximum atomic E-state index is 11.6. The van der Waals surface area contributed by atoms with Crippen molar-refractivity contribution in [2.24, 2.45) is 0 Å². The van der Waals surface area contributed by atoms with Gasteiger partial charge in [-0.1, -0.05) is 30.3 Å². The fourth-order valence-corrected chi connectivity index (χ4v) is 1.48. The van der Waals surface area contributed by atoms with Crippen LogP contribution in [0.3, 0.4) is 0 Å².